The van der Waals surface area contributed by atoms with E-state index in [1.165, 1.54) is 25.0 Å². The van der Waals surface area contributed by atoms with E-state index < -0.39 is 0 Å². The molecule has 3 heteroatoms. The van der Waals surface area contributed by atoms with Gasteiger partial charge < -0.3 is 0 Å². The zero-order valence-electron chi connectivity index (χ0n) is 8.33. The first-order valence-electron chi connectivity index (χ1n) is 5.45. The Balaban J connectivity index is 1.91. The molecule has 1 saturated heterocycles. The van der Waals surface area contributed by atoms with E-state index in [-0.39, 0.29) is 11.6 Å². The van der Waals surface area contributed by atoms with Crippen molar-refractivity contribution in [2.75, 3.05) is 5.75 Å². The van der Waals surface area contributed by atoms with Gasteiger partial charge in [-0.05, 0) is 30.9 Å². The summed E-state index contributed by atoms with van der Waals surface area (Å²) in [4.78, 5) is 22.4. The van der Waals surface area contributed by atoms with Crippen molar-refractivity contribution in [3.8, 4) is 0 Å². The first kappa shape index (κ1) is 10.2. The van der Waals surface area contributed by atoms with Gasteiger partial charge in [0.05, 0.1) is 0 Å². The van der Waals surface area contributed by atoms with Crippen molar-refractivity contribution in [2.24, 2.45) is 5.92 Å². The molecule has 2 fully saturated rings. The maximum Gasteiger partial charge on any atom is 0.198 e. The van der Waals surface area contributed by atoms with E-state index in [0.29, 0.717) is 24.0 Å². The van der Waals surface area contributed by atoms with Crippen LogP contribution in [0.3, 0.4) is 0 Å². The molecule has 78 valence electrons. The molecule has 0 amide bonds. The van der Waals surface area contributed by atoms with Crippen LogP contribution in [-0.2, 0) is 9.59 Å². The molecule has 1 heterocycles. The number of carbonyl (C=O) groups is 2. The van der Waals surface area contributed by atoms with E-state index in [2.05, 4.69) is 0 Å². The van der Waals surface area contributed by atoms with E-state index in [1.54, 1.807) is 0 Å². The van der Waals surface area contributed by atoms with Crippen molar-refractivity contribution in [1.82, 2.24) is 0 Å². The standard InChI is InChI=1S/C11H16O2S/c12-9-5-4-8(7-10(9)13)11-3-1-2-6-14-11/h8,11H,1-7H2. The summed E-state index contributed by atoms with van der Waals surface area (Å²) >= 11 is 2.01. The number of hydrogen-bond donors (Lipinski definition) is 0. The zero-order valence-corrected chi connectivity index (χ0v) is 9.15. The minimum Gasteiger partial charge on any atom is -0.291 e. The van der Waals surface area contributed by atoms with Crippen LogP contribution in [0.25, 0.3) is 0 Å². The van der Waals surface area contributed by atoms with Crippen LogP contribution < -0.4 is 0 Å². The lowest BCUT2D eigenvalue weighted by atomic mass is 9.83. The molecular weight excluding hydrogens is 196 g/mol. The maximum absolute atomic E-state index is 11.3. The Kier molecular flexibility index (Phi) is 3.26. The fourth-order valence-electron chi connectivity index (χ4n) is 2.36. The Morgan fingerprint density at radius 2 is 1.93 bits per heavy atom. The maximum atomic E-state index is 11.3. The van der Waals surface area contributed by atoms with E-state index in [1.807, 2.05) is 11.8 Å². The van der Waals surface area contributed by atoms with Crippen molar-refractivity contribution in [3.63, 3.8) is 0 Å². The zero-order chi connectivity index (χ0) is 9.97. The van der Waals surface area contributed by atoms with E-state index >= 15 is 0 Å². The van der Waals surface area contributed by atoms with Crippen molar-refractivity contribution in [1.29, 1.82) is 0 Å². The molecular formula is C11H16O2S. The summed E-state index contributed by atoms with van der Waals surface area (Å²) in [5, 5.41) is 0.654. The minimum atomic E-state index is -0.137. The predicted molar refractivity (Wildman–Crippen MR) is 57.5 cm³/mol. The number of Topliss-reactive ketones (excluding diaryl/α,β-unsaturated/α-hetero) is 2. The summed E-state index contributed by atoms with van der Waals surface area (Å²) < 4.78 is 0. The number of carbonyl (C=O) groups excluding carboxylic acids is 2. The first-order valence-corrected chi connectivity index (χ1v) is 6.50. The highest BCUT2D eigenvalue weighted by atomic mass is 32.2. The van der Waals surface area contributed by atoms with Gasteiger partial charge in [-0.15, -0.1) is 0 Å². The van der Waals surface area contributed by atoms with Gasteiger partial charge in [0.15, 0.2) is 11.6 Å². The third kappa shape index (κ3) is 2.19. The van der Waals surface area contributed by atoms with Gasteiger partial charge in [0.1, 0.15) is 0 Å². The third-order valence-electron chi connectivity index (χ3n) is 3.24. The lowest BCUT2D eigenvalue weighted by molar-refractivity contribution is -0.139. The van der Waals surface area contributed by atoms with Crippen molar-refractivity contribution in [3.05, 3.63) is 0 Å². The second kappa shape index (κ2) is 4.47. The molecule has 14 heavy (non-hydrogen) atoms. The molecule has 2 nitrogen and oxygen atoms in total. The molecule has 0 aromatic carbocycles. The normalized spacial score (nSPS) is 34.6. The van der Waals surface area contributed by atoms with Gasteiger partial charge in [0, 0.05) is 18.1 Å². The van der Waals surface area contributed by atoms with Gasteiger partial charge in [-0.25, -0.2) is 0 Å². The molecule has 0 bridgehead atoms. The third-order valence-corrected chi connectivity index (χ3v) is 4.81. The second-order valence-electron chi connectivity index (χ2n) is 4.25. The van der Waals surface area contributed by atoms with Crippen LogP contribution in [0.1, 0.15) is 38.5 Å². The van der Waals surface area contributed by atoms with E-state index in [0.717, 1.165) is 6.42 Å². The smallest absolute Gasteiger partial charge is 0.198 e. The monoisotopic (exact) mass is 212 g/mol. The van der Waals surface area contributed by atoms with E-state index in [9.17, 15) is 9.59 Å². The van der Waals surface area contributed by atoms with Gasteiger partial charge in [0.25, 0.3) is 0 Å². The molecule has 0 N–H and O–H groups in total. The van der Waals surface area contributed by atoms with Crippen LogP contribution in [-0.4, -0.2) is 22.6 Å². The lowest BCUT2D eigenvalue weighted by Crippen LogP contribution is -2.31. The minimum absolute atomic E-state index is 0.118. The largest absolute Gasteiger partial charge is 0.291 e. The average Bonchev–Trinajstić information content (AvgIpc) is 2.23. The Labute approximate surface area is 88.8 Å². The Hall–Kier alpha value is -0.310. The molecule has 0 aromatic rings. The fourth-order valence-corrected chi connectivity index (χ4v) is 3.88. The van der Waals surface area contributed by atoms with Gasteiger partial charge in [-0.1, -0.05) is 6.42 Å². The van der Waals surface area contributed by atoms with Gasteiger partial charge in [-0.3, -0.25) is 9.59 Å². The summed E-state index contributed by atoms with van der Waals surface area (Å²) in [7, 11) is 0. The summed E-state index contributed by atoms with van der Waals surface area (Å²) in [5.41, 5.74) is 0. The van der Waals surface area contributed by atoms with Gasteiger partial charge >= 0.3 is 0 Å². The highest BCUT2D eigenvalue weighted by Crippen LogP contribution is 2.36. The second-order valence-corrected chi connectivity index (χ2v) is 5.60. The van der Waals surface area contributed by atoms with Gasteiger partial charge in [-0.2, -0.15) is 11.8 Å². The predicted octanol–water partition coefficient (Wildman–Crippen LogP) is 2.21. The van der Waals surface area contributed by atoms with E-state index in [4.69, 9.17) is 0 Å². The Morgan fingerprint density at radius 1 is 1.07 bits per heavy atom. The summed E-state index contributed by atoms with van der Waals surface area (Å²) in [5.74, 6) is 1.48. The van der Waals surface area contributed by atoms with Gasteiger partial charge in [0.2, 0.25) is 0 Å². The Bertz CT molecular complexity index is 244. The molecule has 0 radical (unpaired) electrons. The van der Waals surface area contributed by atoms with Crippen LogP contribution >= 0.6 is 11.8 Å². The molecule has 0 aromatic heterocycles. The quantitative estimate of drug-likeness (QED) is 0.625. The van der Waals surface area contributed by atoms with Crippen molar-refractivity contribution < 1.29 is 9.59 Å². The lowest BCUT2D eigenvalue weighted by Gasteiger charge is -2.31. The summed E-state index contributed by atoms with van der Waals surface area (Å²) in [6.07, 6.45) is 5.84. The number of thioether (sulfide) groups is 1. The van der Waals surface area contributed by atoms with Crippen LogP contribution in [0.2, 0.25) is 0 Å². The molecule has 2 unspecified atom stereocenters. The molecule has 1 aliphatic carbocycles. The average molecular weight is 212 g/mol. The highest BCUT2D eigenvalue weighted by Gasteiger charge is 2.32. The van der Waals surface area contributed by atoms with Crippen molar-refractivity contribution >= 4 is 23.3 Å². The molecule has 1 aliphatic heterocycles. The highest BCUT2D eigenvalue weighted by molar-refractivity contribution is 7.99. The van der Waals surface area contributed by atoms with Crippen LogP contribution in [0.5, 0.6) is 0 Å². The number of ketones is 2. The topological polar surface area (TPSA) is 34.1 Å². The molecule has 2 rings (SSSR count). The molecule has 2 aliphatic rings. The van der Waals surface area contributed by atoms with Crippen molar-refractivity contribution in [2.45, 2.75) is 43.8 Å². The van der Waals surface area contributed by atoms with Crippen LogP contribution in [0, 0.1) is 5.92 Å². The van der Waals surface area contributed by atoms with Crippen LogP contribution in [0.4, 0.5) is 0 Å². The van der Waals surface area contributed by atoms with Crippen LogP contribution in [0.15, 0.2) is 0 Å². The summed E-state index contributed by atoms with van der Waals surface area (Å²) in [6.45, 7) is 0. The fraction of sp³-hybridized carbons (Fsp3) is 0.818. The first-order chi connectivity index (χ1) is 6.77. The Morgan fingerprint density at radius 3 is 2.57 bits per heavy atom. The molecule has 2 atom stereocenters. The number of hydrogen-bond acceptors (Lipinski definition) is 3. The number of rotatable bonds is 1. The summed E-state index contributed by atoms with van der Waals surface area (Å²) in [6, 6.07) is 0. The SMILES string of the molecule is O=C1CCC(C2CCCCS2)CC1=O. The molecule has 0 spiro atoms. The molecule has 1 saturated carbocycles.